The molecule has 1 aromatic rings. The molecular formula is C13H18FN3O2. The lowest BCUT2D eigenvalue weighted by atomic mass is 10.0. The Balaban J connectivity index is 2.37. The number of nitro benzene ring substituents is 1. The highest BCUT2D eigenvalue weighted by atomic mass is 19.1. The molecule has 1 atom stereocenters. The van der Waals surface area contributed by atoms with Gasteiger partial charge in [-0.15, -0.1) is 0 Å². The van der Waals surface area contributed by atoms with Gasteiger partial charge in [0.2, 0.25) is 0 Å². The minimum atomic E-state index is -0.530. The van der Waals surface area contributed by atoms with Crippen LogP contribution in [0.3, 0.4) is 0 Å². The summed E-state index contributed by atoms with van der Waals surface area (Å²) in [6.45, 7) is 3.11. The largest absolute Gasteiger partial charge is 0.364 e. The Morgan fingerprint density at radius 3 is 2.89 bits per heavy atom. The Labute approximate surface area is 111 Å². The van der Waals surface area contributed by atoms with Crippen LogP contribution in [0.5, 0.6) is 0 Å². The molecule has 1 heterocycles. The maximum atomic E-state index is 13.5. The number of hydrogen-bond donors (Lipinski definition) is 1. The first-order chi connectivity index (χ1) is 9.02. The molecule has 1 saturated heterocycles. The monoisotopic (exact) mass is 267 g/mol. The van der Waals surface area contributed by atoms with Crippen molar-refractivity contribution in [2.24, 2.45) is 0 Å². The summed E-state index contributed by atoms with van der Waals surface area (Å²) in [4.78, 5) is 12.5. The van der Waals surface area contributed by atoms with E-state index in [-0.39, 0.29) is 5.69 Å². The summed E-state index contributed by atoms with van der Waals surface area (Å²) in [6.07, 6.45) is 2.03. The molecule has 0 amide bonds. The van der Waals surface area contributed by atoms with Crippen molar-refractivity contribution >= 4 is 11.4 Å². The fourth-order valence-corrected chi connectivity index (χ4v) is 2.49. The topological polar surface area (TPSA) is 58.4 Å². The summed E-state index contributed by atoms with van der Waals surface area (Å²) in [7, 11) is 1.89. The second-order valence-electron chi connectivity index (χ2n) is 4.92. The normalized spacial score (nSPS) is 19.5. The van der Waals surface area contributed by atoms with Crippen LogP contribution >= 0.6 is 0 Å². The van der Waals surface area contributed by atoms with Gasteiger partial charge in [0.25, 0.3) is 5.69 Å². The molecular weight excluding hydrogens is 249 g/mol. The molecule has 6 heteroatoms. The van der Waals surface area contributed by atoms with E-state index in [0.29, 0.717) is 23.8 Å². The molecule has 1 N–H and O–H groups in total. The second-order valence-corrected chi connectivity index (χ2v) is 4.92. The number of likely N-dealkylation sites (N-methyl/N-ethyl adjacent to an activating group) is 1. The van der Waals surface area contributed by atoms with Crippen LogP contribution in [0, 0.1) is 22.9 Å². The van der Waals surface area contributed by atoms with Crippen LogP contribution < -0.4 is 10.2 Å². The number of nitrogens with one attached hydrogen (secondary N) is 1. The van der Waals surface area contributed by atoms with Crippen LogP contribution in [0.4, 0.5) is 15.8 Å². The molecule has 1 fully saturated rings. The number of benzene rings is 1. The van der Waals surface area contributed by atoms with Gasteiger partial charge < -0.3 is 10.2 Å². The number of nitrogens with zero attached hydrogens (tertiary/aromatic N) is 2. The Kier molecular flexibility index (Phi) is 3.99. The maximum Gasteiger partial charge on any atom is 0.295 e. The Hall–Kier alpha value is -1.69. The quantitative estimate of drug-likeness (QED) is 0.674. The Morgan fingerprint density at radius 1 is 1.53 bits per heavy atom. The average Bonchev–Trinajstić information content (AvgIpc) is 2.41. The van der Waals surface area contributed by atoms with Crippen LogP contribution in [0.2, 0.25) is 0 Å². The van der Waals surface area contributed by atoms with Gasteiger partial charge in [-0.25, -0.2) is 4.39 Å². The van der Waals surface area contributed by atoms with Crippen molar-refractivity contribution in [1.82, 2.24) is 5.32 Å². The smallest absolute Gasteiger partial charge is 0.295 e. The van der Waals surface area contributed by atoms with Crippen LogP contribution in [-0.2, 0) is 0 Å². The lowest BCUT2D eigenvalue weighted by Gasteiger charge is -2.34. The molecule has 5 nitrogen and oxygen atoms in total. The van der Waals surface area contributed by atoms with Crippen LogP contribution in [-0.4, -0.2) is 31.1 Å². The van der Waals surface area contributed by atoms with Crippen molar-refractivity contribution in [1.29, 1.82) is 0 Å². The fourth-order valence-electron chi connectivity index (χ4n) is 2.49. The first-order valence-corrected chi connectivity index (χ1v) is 6.39. The van der Waals surface area contributed by atoms with Crippen molar-refractivity contribution in [3.8, 4) is 0 Å². The summed E-state index contributed by atoms with van der Waals surface area (Å²) in [5.41, 5.74) is 0.802. The summed E-state index contributed by atoms with van der Waals surface area (Å²) in [5, 5.41) is 14.3. The maximum absolute atomic E-state index is 13.5. The molecule has 1 aliphatic heterocycles. The van der Waals surface area contributed by atoms with Gasteiger partial charge in [0, 0.05) is 19.1 Å². The van der Waals surface area contributed by atoms with E-state index in [9.17, 15) is 14.5 Å². The first-order valence-electron chi connectivity index (χ1n) is 6.39. The SMILES string of the molecule is CNC1CCCN(c2cc(C)c(F)cc2[N+](=O)[O-])C1. The lowest BCUT2D eigenvalue weighted by Crippen LogP contribution is -2.44. The molecule has 0 aromatic heterocycles. The van der Waals surface area contributed by atoms with Crippen molar-refractivity contribution in [2.75, 3.05) is 25.0 Å². The van der Waals surface area contributed by atoms with E-state index >= 15 is 0 Å². The van der Waals surface area contributed by atoms with Crippen LogP contribution in [0.1, 0.15) is 18.4 Å². The molecule has 1 aromatic carbocycles. The molecule has 0 spiro atoms. The number of anilines is 1. The summed E-state index contributed by atoms with van der Waals surface area (Å²) in [6, 6.07) is 2.91. The highest BCUT2D eigenvalue weighted by Crippen LogP contribution is 2.32. The highest BCUT2D eigenvalue weighted by Gasteiger charge is 2.26. The van der Waals surface area contributed by atoms with Gasteiger partial charge in [-0.2, -0.15) is 0 Å². The number of aryl methyl sites for hydroxylation is 1. The highest BCUT2D eigenvalue weighted by molar-refractivity contribution is 5.65. The Bertz CT molecular complexity index is 493. The molecule has 0 radical (unpaired) electrons. The minimum absolute atomic E-state index is 0.153. The fraction of sp³-hybridized carbons (Fsp3) is 0.538. The van der Waals surface area contributed by atoms with Crippen LogP contribution in [0.15, 0.2) is 12.1 Å². The molecule has 1 aliphatic rings. The van der Waals surface area contributed by atoms with E-state index in [1.807, 2.05) is 11.9 Å². The van der Waals surface area contributed by atoms with E-state index in [0.717, 1.165) is 25.5 Å². The van der Waals surface area contributed by atoms with E-state index in [1.54, 1.807) is 13.0 Å². The van der Waals surface area contributed by atoms with E-state index in [2.05, 4.69) is 5.32 Å². The molecule has 19 heavy (non-hydrogen) atoms. The van der Waals surface area contributed by atoms with Crippen molar-refractivity contribution < 1.29 is 9.31 Å². The molecule has 2 rings (SSSR count). The van der Waals surface area contributed by atoms with Crippen molar-refractivity contribution in [3.05, 3.63) is 33.6 Å². The van der Waals surface area contributed by atoms with Gasteiger partial charge in [-0.3, -0.25) is 10.1 Å². The van der Waals surface area contributed by atoms with Gasteiger partial charge in [0.15, 0.2) is 0 Å². The van der Waals surface area contributed by atoms with Gasteiger partial charge in [0.1, 0.15) is 11.5 Å². The summed E-state index contributed by atoms with van der Waals surface area (Å²) < 4.78 is 13.5. The van der Waals surface area contributed by atoms with E-state index in [4.69, 9.17) is 0 Å². The zero-order valence-corrected chi connectivity index (χ0v) is 11.1. The van der Waals surface area contributed by atoms with Crippen molar-refractivity contribution in [2.45, 2.75) is 25.8 Å². The number of nitro groups is 1. The number of halogens is 1. The Morgan fingerprint density at radius 2 is 2.26 bits per heavy atom. The molecule has 0 saturated carbocycles. The lowest BCUT2D eigenvalue weighted by molar-refractivity contribution is -0.384. The molecule has 104 valence electrons. The minimum Gasteiger partial charge on any atom is -0.364 e. The van der Waals surface area contributed by atoms with Crippen LogP contribution in [0.25, 0.3) is 0 Å². The van der Waals surface area contributed by atoms with Gasteiger partial charge in [-0.05, 0) is 38.4 Å². The predicted molar refractivity (Wildman–Crippen MR) is 72.1 cm³/mol. The summed E-state index contributed by atoms with van der Waals surface area (Å²) in [5.74, 6) is -0.530. The molecule has 1 unspecified atom stereocenters. The van der Waals surface area contributed by atoms with Crippen molar-refractivity contribution in [3.63, 3.8) is 0 Å². The second kappa shape index (κ2) is 5.52. The van der Waals surface area contributed by atoms with E-state index in [1.165, 1.54) is 0 Å². The predicted octanol–water partition coefficient (Wildman–Crippen LogP) is 2.23. The summed E-state index contributed by atoms with van der Waals surface area (Å²) >= 11 is 0. The molecule has 0 bridgehead atoms. The number of hydrogen-bond acceptors (Lipinski definition) is 4. The van der Waals surface area contributed by atoms with Gasteiger partial charge >= 0.3 is 0 Å². The van der Waals surface area contributed by atoms with Gasteiger partial charge in [-0.1, -0.05) is 0 Å². The third-order valence-corrected chi connectivity index (χ3v) is 3.62. The average molecular weight is 267 g/mol. The van der Waals surface area contributed by atoms with Gasteiger partial charge in [0.05, 0.1) is 11.0 Å². The number of piperidine rings is 1. The standard InChI is InChI=1S/C13H18FN3O2/c1-9-6-12(13(17(18)19)7-11(9)14)16-5-3-4-10(8-16)15-2/h6-7,10,15H,3-5,8H2,1-2H3. The zero-order valence-electron chi connectivity index (χ0n) is 11.1. The van der Waals surface area contributed by atoms with E-state index < -0.39 is 10.7 Å². The number of rotatable bonds is 3. The third kappa shape index (κ3) is 2.84. The zero-order chi connectivity index (χ0) is 14.0. The third-order valence-electron chi connectivity index (χ3n) is 3.62. The first kappa shape index (κ1) is 13.7. The molecule has 0 aliphatic carbocycles.